The summed E-state index contributed by atoms with van der Waals surface area (Å²) in [4.78, 5) is 0. The molecule has 0 radical (unpaired) electrons. The number of para-hydroxylation sites is 1. The summed E-state index contributed by atoms with van der Waals surface area (Å²) in [6, 6.07) is 13.1. The summed E-state index contributed by atoms with van der Waals surface area (Å²) in [5, 5.41) is 4.95. The fraction of sp³-hybridized carbons (Fsp3) is 0.250. The molecule has 5 heteroatoms. The number of nitrogens with one attached hydrogen (secondary N) is 1. The lowest BCUT2D eigenvalue weighted by Crippen LogP contribution is -2.46. The molecule has 2 aromatic carbocycles. The molecule has 2 nitrogen and oxygen atoms in total. The number of halogens is 3. The smallest absolute Gasteiger partial charge is 0.138 e. The Morgan fingerprint density at radius 1 is 0.952 bits per heavy atom. The summed E-state index contributed by atoms with van der Waals surface area (Å²) in [7, 11) is 0. The molecule has 110 valence electrons. The molecule has 1 heterocycles. The van der Waals surface area contributed by atoms with Gasteiger partial charge in [0.05, 0.1) is 15.1 Å². The predicted molar refractivity (Wildman–Crippen MR) is 87.6 cm³/mol. The molecule has 0 saturated carbocycles. The first-order valence-corrected chi connectivity index (χ1v) is 7.85. The maximum absolute atomic E-state index is 6.19. The van der Waals surface area contributed by atoms with Crippen LogP contribution < -0.4 is 10.1 Å². The van der Waals surface area contributed by atoms with Gasteiger partial charge in [0, 0.05) is 19.0 Å². The molecule has 0 aromatic heterocycles. The number of benzene rings is 2. The number of hydrogen-bond acceptors (Lipinski definition) is 2. The molecule has 0 aliphatic carbocycles. The molecule has 0 spiro atoms. The van der Waals surface area contributed by atoms with Crippen molar-refractivity contribution in [1.82, 2.24) is 5.32 Å². The fourth-order valence-electron chi connectivity index (χ4n) is 2.33. The Morgan fingerprint density at radius 2 is 1.71 bits per heavy atom. The second-order valence-electron chi connectivity index (χ2n) is 5.06. The van der Waals surface area contributed by atoms with Crippen LogP contribution in [0, 0.1) is 5.92 Å². The summed E-state index contributed by atoms with van der Waals surface area (Å²) >= 11 is 18.3. The van der Waals surface area contributed by atoms with E-state index in [1.165, 1.54) is 0 Å². The minimum Gasteiger partial charge on any atom is -0.484 e. The highest BCUT2D eigenvalue weighted by atomic mass is 35.5. The Labute approximate surface area is 139 Å². The van der Waals surface area contributed by atoms with Gasteiger partial charge >= 0.3 is 0 Å². The Hall–Kier alpha value is -0.930. The Balaban J connectivity index is 1.90. The van der Waals surface area contributed by atoms with Crippen molar-refractivity contribution in [2.75, 3.05) is 13.1 Å². The largest absolute Gasteiger partial charge is 0.484 e. The molecule has 0 amide bonds. The van der Waals surface area contributed by atoms with Crippen molar-refractivity contribution >= 4 is 34.8 Å². The number of hydrogen-bond donors (Lipinski definition) is 1. The van der Waals surface area contributed by atoms with E-state index in [4.69, 9.17) is 39.5 Å². The van der Waals surface area contributed by atoms with Crippen LogP contribution in [-0.4, -0.2) is 13.1 Å². The van der Waals surface area contributed by atoms with Crippen LogP contribution in [0.3, 0.4) is 0 Å². The van der Waals surface area contributed by atoms with Gasteiger partial charge in [0.25, 0.3) is 0 Å². The van der Waals surface area contributed by atoms with Crippen LogP contribution in [0.5, 0.6) is 5.75 Å². The third-order valence-corrected chi connectivity index (χ3v) is 4.66. The third-order valence-electron chi connectivity index (χ3n) is 3.60. The van der Waals surface area contributed by atoms with Gasteiger partial charge in [-0.2, -0.15) is 0 Å². The van der Waals surface area contributed by atoms with Crippen molar-refractivity contribution in [1.29, 1.82) is 0 Å². The summed E-state index contributed by atoms with van der Waals surface area (Å²) in [5.41, 5.74) is 1.01. The van der Waals surface area contributed by atoms with Crippen molar-refractivity contribution in [3.63, 3.8) is 0 Å². The summed E-state index contributed by atoms with van der Waals surface area (Å²) in [6.07, 6.45) is -0.0964. The molecule has 1 aliphatic rings. The molecule has 1 atom stereocenters. The van der Waals surface area contributed by atoms with Crippen LogP contribution >= 0.6 is 34.8 Å². The summed E-state index contributed by atoms with van der Waals surface area (Å²) in [6.45, 7) is 1.82. The van der Waals surface area contributed by atoms with E-state index in [2.05, 4.69) is 5.32 Å². The molecule has 0 unspecified atom stereocenters. The molecule has 0 bridgehead atoms. The lowest BCUT2D eigenvalue weighted by Gasteiger charge is -2.35. The molecule has 1 saturated heterocycles. The van der Waals surface area contributed by atoms with E-state index in [1.807, 2.05) is 36.4 Å². The van der Waals surface area contributed by atoms with Crippen LogP contribution in [0.15, 0.2) is 42.5 Å². The van der Waals surface area contributed by atoms with Gasteiger partial charge in [-0.1, -0.05) is 53.0 Å². The van der Waals surface area contributed by atoms with Gasteiger partial charge in [0.2, 0.25) is 0 Å². The van der Waals surface area contributed by atoms with Crippen LogP contribution in [0.1, 0.15) is 11.7 Å². The first-order chi connectivity index (χ1) is 10.1. The predicted octanol–water partition coefficient (Wildman–Crippen LogP) is 4.99. The highest BCUT2D eigenvalue weighted by molar-refractivity contribution is 6.42. The highest BCUT2D eigenvalue weighted by Crippen LogP contribution is 2.36. The zero-order valence-corrected chi connectivity index (χ0v) is 13.4. The van der Waals surface area contributed by atoms with Crippen molar-refractivity contribution in [3.8, 4) is 5.75 Å². The van der Waals surface area contributed by atoms with Gasteiger partial charge in [0.15, 0.2) is 0 Å². The van der Waals surface area contributed by atoms with E-state index in [1.54, 1.807) is 6.07 Å². The molecular weight excluding hydrogens is 329 g/mol. The Morgan fingerprint density at radius 3 is 2.33 bits per heavy atom. The summed E-state index contributed by atoms with van der Waals surface area (Å²) < 4.78 is 6.16. The molecule has 1 aliphatic heterocycles. The van der Waals surface area contributed by atoms with E-state index in [0.29, 0.717) is 26.7 Å². The quantitative estimate of drug-likeness (QED) is 0.845. The van der Waals surface area contributed by atoms with Crippen LogP contribution in [0.25, 0.3) is 0 Å². The zero-order valence-electron chi connectivity index (χ0n) is 11.2. The van der Waals surface area contributed by atoms with Crippen molar-refractivity contribution in [2.24, 2.45) is 5.92 Å². The molecular formula is C16H14Cl3NO. The van der Waals surface area contributed by atoms with Crippen molar-refractivity contribution in [2.45, 2.75) is 6.10 Å². The minimum atomic E-state index is -0.0964. The lowest BCUT2D eigenvalue weighted by atomic mass is 9.91. The fourth-order valence-corrected chi connectivity index (χ4v) is 2.81. The second kappa shape index (κ2) is 6.45. The maximum Gasteiger partial charge on any atom is 0.138 e. The summed E-state index contributed by atoms with van der Waals surface area (Å²) in [5.74, 6) is 1.07. The monoisotopic (exact) mass is 341 g/mol. The molecule has 3 rings (SSSR count). The molecule has 1 N–H and O–H groups in total. The minimum absolute atomic E-state index is 0.0964. The van der Waals surface area contributed by atoms with Crippen molar-refractivity contribution < 1.29 is 4.74 Å². The van der Waals surface area contributed by atoms with E-state index in [0.717, 1.165) is 18.7 Å². The average Bonchev–Trinajstić information content (AvgIpc) is 2.41. The first kappa shape index (κ1) is 15.0. The first-order valence-electron chi connectivity index (χ1n) is 6.72. The normalized spacial score (nSPS) is 16.3. The maximum atomic E-state index is 6.19. The number of rotatable bonds is 4. The van der Waals surface area contributed by atoms with Gasteiger partial charge < -0.3 is 10.1 Å². The Bertz CT molecular complexity index is 643. The molecule has 21 heavy (non-hydrogen) atoms. The lowest BCUT2D eigenvalue weighted by molar-refractivity contribution is 0.0994. The Kier molecular flexibility index (Phi) is 4.60. The van der Waals surface area contributed by atoms with Gasteiger partial charge in [-0.25, -0.2) is 0 Å². The highest BCUT2D eigenvalue weighted by Gasteiger charge is 2.31. The molecule has 1 fully saturated rings. The van der Waals surface area contributed by atoms with Gasteiger partial charge in [-0.05, 0) is 29.8 Å². The third kappa shape index (κ3) is 3.29. The van der Waals surface area contributed by atoms with E-state index >= 15 is 0 Å². The van der Waals surface area contributed by atoms with E-state index < -0.39 is 0 Å². The number of ether oxygens (including phenoxy) is 1. The second-order valence-corrected chi connectivity index (χ2v) is 6.28. The standard InChI is InChI=1S/C16H14Cl3NO/c17-12-6-5-10(7-14(12)19)16(11-8-20-9-11)21-15-4-2-1-3-13(15)18/h1-7,11,16,20H,8-9H2/t16-/m1/s1. The van der Waals surface area contributed by atoms with Gasteiger partial charge in [-0.15, -0.1) is 0 Å². The van der Waals surface area contributed by atoms with Crippen LogP contribution in [0.4, 0.5) is 0 Å². The van der Waals surface area contributed by atoms with Crippen molar-refractivity contribution in [3.05, 3.63) is 63.1 Å². The van der Waals surface area contributed by atoms with Crippen LogP contribution in [-0.2, 0) is 0 Å². The van der Waals surface area contributed by atoms with E-state index in [9.17, 15) is 0 Å². The molecule has 2 aromatic rings. The SMILES string of the molecule is Clc1ccc([C@@H](Oc2ccccc2Cl)C2CNC2)cc1Cl. The van der Waals surface area contributed by atoms with Gasteiger partial charge in [0.1, 0.15) is 11.9 Å². The van der Waals surface area contributed by atoms with Crippen LogP contribution in [0.2, 0.25) is 15.1 Å². The topological polar surface area (TPSA) is 21.3 Å². The van der Waals surface area contributed by atoms with Gasteiger partial charge in [-0.3, -0.25) is 0 Å². The zero-order chi connectivity index (χ0) is 14.8. The van der Waals surface area contributed by atoms with E-state index in [-0.39, 0.29) is 6.10 Å². The average molecular weight is 343 g/mol.